The molecule has 1 aliphatic rings. The zero-order valence-electron chi connectivity index (χ0n) is 16.6. The van der Waals surface area contributed by atoms with E-state index in [1.165, 1.54) is 24.3 Å². The molecule has 1 fully saturated rings. The molecule has 31 heavy (non-hydrogen) atoms. The van der Waals surface area contributed by atoms with Crippen molar-refractivity contribution in [3.05, 3.63) is 82.1 Å². The van der Waals surface area contributed by atoms with Crippen LogP contribution in [0.5, 0.6) is 0 Å². The first-order valence-corrected chi connectivity index (χ1v) is 10.4. The molecular weight excluding hydrogens is 417 g/mol. The van der Waals surface area contributed by atoms with Crippen molar-refractivity contribution in [2.75, 3.05) is 13.1 Å². The molecule has 2 heterocycles. The molecule has 8 heteroatoms. The van der Waals surface area contributed by atoms with Gasteiger partial charge in [0.2, 0.25) is 0 Å². The van der Waals surface area contributed by atoms with Crippen LogP contribution in [0.2, 0.25) is 0 Å². The standard InChI is InChI=1S/C23H18FN3O3S/c1-14-12-18(17-4-2-3-5-19(17)26-14)21(28)25-10-11-27-22(29)20(31-23(27)30)13-15-6-8-16(24)9-7-15/h2-9,12-13H,10-11H2,1H3,(H,25,28). The van der Waals surface area contributed by atoms with Crippen molar-refractivity contribution in [2.24, 2.45) is 0 Å². The Hall–Kier alpha value is -3.52. The van der Waals surface area contributed by atoms with Crippen LogP contribution in [-0.4, -0.2) is 40.0 Å². The topological polar surface area (TPSA) is 79.4 Å². The monoisotopic (exact) mass is 435 g/mol. The number of halogens is 1. The molecule has 0 saturated carbocycles. The van der Waals surface area contributed by atoms with Crippen LogP contribution >= 0.6 is 11.8 Å². The summed E-state index contributed by atoms with van der Waals surface area (Å²) < 4.78 is 13.0. The molecule has 1 saturated heterocycles. The van der Waals surface area contributed by atoms with Crippen LogP contribution in [0.25, 0.3) is 17.0 Å². The summed E-state index contributed by atoms with van der Waals surface area (Å²) in [5.41, 5.74) is 2.57. The summed E-state index contributed by atoms with van der Waals surface area (Å²) in [6, 6.07) is 14.7. The van der Waals surface area contributed by atoms with Crippen LogP contribution < -0.4 is 5.32 Å². The number of rotatable bonds is 5. The Kier molecular flexibility index (Phi) is 5.81. The zero-order valence-corrected chi connectivity index (χ0v) is 17.4. The number of thioether (sulfide) groups is 1. The maximum atomic E-state index is 13.0. The fourth-order valence-electron chi connectivity index (χ4n) is 3.28. The van der Waals surface area contributed by atoms with Gasteiger partial charge in [0.15, 0.2) is 0 Å². The molecule has 0 spiro atoms. The lowest BCUT2D eigenvalue weighted by atomic mass is 10.1. The quantitative estimate of drug-likeness (QED) is 0.609. The number of fused-ring (bicyclic) bond motifs is 1. The van der Waals surface area contributed by atoms with Crippen molar-refractivity contribution >= 4 is 45.8 Å². The number of hydrogen-bond donors (Lipinski definition) is 1. The summed E-state index contributed by atoms with van der Waals surface area (Å²) in [4.78, 5) is 43.3. The molecule has 3 amide bonds. The summed E-state index contributed by atoms with van der Waals surface area (Å²) in [7, 11) is 0. The van der Waals surface area contributed by atoms with Crippen LogP contribution in [0.3, 0.4) is 0 Å². The van der Waals surface area contributed by atoms with E-state index in [0.29, 0.717) is 11.1 Å². The van der Waals surface area contributed by atoms with Gasteiger partial charge in [0.05, 0.1) is 16.0 Å². The molecule has 1 aliphatic heterocycles. The number of carbonyl (C=O) groups excluding carboxylic acids is 3. The van der Waals surface area contributed by atoms with Crippen LogP contribution in [0.4, 0.5) is 9.18 Å². The summed E-state index contributed by atoms with van der Waals surface area (Å²) in [5.74, 6) is -1.10. The second kappa shape index (κ2) is 8.69. The highest BCUT2D eigenvalue weighted by Crippen LogP contribution is 2.31. The summed E-state index contributed by atoms with van der Waals surface area (Å²) in [6.45, 7) is 1.99. The Bertz CT molecular complexity index is 1220. The van der Waals surface area contributed by atoms with Crippen molar-refractivity contribution in [3.8, 4) is 0 Å². The van der Waals surface area contributed by atoms with Crippen LogP contribution in [0, 0.1) is 12.7 Å². The Balaban J connectivity index is 1.42. The Labute approximate surface area is 182 Å². The highest BCUT2D eigenvalue weighted by Gasteiger charge is 2.34. The number of hydrogen-bond acceptors (Lipinski definition) is 5. The van der Waals surface area contributed by atoms with E-state index in [9.17, 15) is 18.8 Å². The SMILES string of the molecule is Cc1cc(C(=O)NCCN2C(=O)SC(=Cc3ccc(F)cc3)C2=O)c2ccccc2n1. The molecule has 1 N–H and O–H groups in total. The normalized spacial score (nSPS) is 15.2. The van der Waals surface area contributed by atoms with Crippen molar-refractivity contribution < 1.29 is 18.8 Å². The largest absolute Gasteiger partial charge is 0.350 e. The highest BCUT2D eigenvalue weighted by atomic mass is 32.2. The number of amides is 3. The molecule has 156 valence electrons. The molecule has 0 bridgehead atoms. The summed E-state index contributed by atoms with van der Waals surface area (Å²) >= 11 is 0.824. The van der Waals surface area contributed by atoms with Gasteiger partial charge in [0.25, 0.3) is 17.1 Å². The maximum absolute atomic E-state index is 13.0. The van der Waals surface area contributed by atoms with Crippen LogP contribution in [0.15, 0.2) is 59.5 Å². The minimum atomic E-state index is -0.432. The second-order valence-electron chi connectivity index (χ2n) is 6.97. The van der Waals surface area contributed by atoms with Gasteiger partial charge in [-0.1, -0.05) is 30.3 Å². The molecule has 6 nitrogen and oxygen atoms in total. The van der Waals surface area contributed by atoms with Crippen molar-refractivity contribution in [1.29, 1.82) is 0 Å². The van der Waals surface area contributed by atoms with Gasteiger partial charge in [-0.05, 0) is 54.6 Å². The number of aromatic nitrogens is 1. The average molecular weight is 435 g/mol. The van der Waals surface area contributed by atoms with Gasteiger partial charge in [-0.3, -0.25) is 24.3 Å². The number of pyridine rings is 1. The third-order valence-corrected chi connectivity index (χ3v) is 5.66. The minimum Gasteiger partial charge on any atom is -0.350 e. The van der Waals surface area contributed by atoms with E-state index >= 15 is 0 Å². The lowest BCUT2D eigenvalue weighted by Crippen LogP contribution is -2.37. The average Bonchev–Trinajstić information content (AvgIpc) is 3.02. The van der Waals surface area contributed by atoms with Gasteiger partial charge in [-0.15, -0.1) is 0 Å². The molecule has 2 aromatic carbocycles. The fourth-order valence-corrected chi connectivity index (χ4v) is 4.14. The number of nitrogens with one attached hydrogen (secondary N) is 1. The molecule has 0 unspecified atom stereocenters. The van der Waals surface area contributed by atoms with Crippen LogP contribution in [-0.2, 0) is 4.79 Å². The Morgan fingerprint density at radius 2 is 1.90 bits per heavy atom. The molecular formula is C23H18FN3O3S. The molecule has 3 aromatic rings. The lowest BCUT2D eigenvalue weighted by molar-refractivity contribution is -0.122. The molecule has 0 aliphatic carbocycles. The molecule has 0 radical (unpaired) electrons. The third-order valence-electron chi connectivity index (χ3n) is 4.75. The first-order chi connectivity index (χ1) is 14.9. The van der Waals surface area contributed by atoms with Gasteiger partial charge in [0.1, 0.15) is 5.82 Å². The Morgan fingerprint density at radius 3 is 2.68 bits per heavy atom. The van der Waals surface area contributed by atoms with Crippen LogP contribution in [0.1, 0.15) is 21.6 Å². The second-order valence-corrected chi connectivity index (χ2v) is 7.96. The number of para-hydroxylation sites is 1. The van der Waals surface area contributed by atoms with E-state index in [0.717, 1.165) is 33.3 Å². The van der Waals surface area contributed by atoms with E-state index in [4.69, 9.17) is 0 Å². The van der Waals surface area contributed by atoms with Gasteiger partial charge in [0, 0.05) is 24.2 Å². The third kappa shape index (κ3) is 4.49. The van der Waals surface area contributed by atoms with Gasteiger partial charge < -0.3 is 5.32 Å². The molecule has 1 aromatic heterocycles. The van der Waals surface area contributed by atoms with E-state index in [1.807, 2.05) is 31.2 Å². The Morgan fingerprint density at radius 1 is 1.16 bits per heavy atom. The van der Waals surface area contributed by atoms with Gasteiger partial charge in [-0.25, -0.2) is 4.39 Å². The summed E-state index contributed by atoms with van der Waals surface area (Å²) in [6.07, 6.45) is 1.55. The predicted octanol–water partition coefficient (Wildman–Crippen LogP) is 4.15. The molecule has 4 rings (SSSR count). The minimum absolute atomic E-state index is 0.0547. The first-order valence-electron chi connectivity index (χ1n) is 9.58. The lowest BCUT2D eigenvalue weighted by Gasteiger charge is -2.14. The zero-order chi connectivity index (χ0) is 22.0. The van der Waals surface area contributed by atoms with Gasteiger partial charge >= 0.3 is 0 Å². The number of carbonyl (C=O) groups is 3. The van der Waals surface area contributed by atoms with Crippen molar-refractivity contribution in [3.63, 3.8) is 0 Å². The van der Waals surface area contributed by atoms with Crippen molar-refractivity contribution in [2.45, 2.75) is 6.92 Å². The molecule has 0 atom stereocenters. The maximum Gasteiger partial charge on any atom is 0.293 e. The van der Waals surface area contributed by atoms with E-state index in [-0.39, 0.29) is 29.7 Å². The smallest absolute Gasteiger partial charge is 0.293 e. The van der Waals surface area contributed by atoms with E-state index < -0.39 is 11.1 Å². The predicted molar refractivity (Wildman–Crippen MR) is 118 cm³/mol. The van der Waals surface area contributed by atoms with E-state index in [1.54, 1.807) is 12.1 Å². The van der Waals surface area contributed by atoms with Gasteiger partial charge in [-0.2, -0.15) is 0 Å². The number of nitrogens with zero attached hydrogens (tertiary/aromatic N) is 2. The fraction of sp³-hybridized carbons (Fsp3) is 0.130. The summed E-state index contributed by atoms with van der Waals surface area (Å²) in [5, 5.41) is 3.10. The number of aryl methyl sites for hydroxylation is 1. The van der Waals surface area contributed by atoms with E-state index in [2.05, 4.69) is 10.3 Å². The number of imide groups is 1. The number of benzene rings is 2. The first kappa shape index (κ1) is 20.7. The highest BCUT2D eigenvalue weighted by molar-refractivity contribution is 8.18. The van der Waals surface area contributed by atoms with Crippen molar-refractivity contribution in [1.82, 2.24) is 15.2 Å².